The quantitative estimate of drug-likeness (QED) is 0.694. The minimum Gasteiger partial charge on any atom is -0.207 e. The highest BCUT2D eigenvalue weighted by Gasteiger charge is 2.05. The SMILES string of the molecule is Fc1ccc(-c2ccc(S)cc2)c(F)c1. The van der Waals surface area contributed by atoms with E-state index >= 15 is 0 Å². The van der Waals surface area contributed by atoms with Crippen molar-refractivity contribution < 1.29 is 8.78 Å². The molecular weight excluding hydrogens is 214 g/mol. The largest absolute Gasteiger partial charge is 0.207 e. The Bertz CT molecular complexity index is 477. The van der Waals surface area contributed by atoms with Crippen LogP contribution in [0.15, 0.2) is 47.4 Å². The molecule has 0 heterocycles. The highest BCUT2D eigenvalue weighted by atomic mass is 32.1. The lowest BCUT2D eigenvalue weighted by Crippen LogP contribution is -1.85. The molecule has 2 aromatic rings. The van der Waals surface area contributed by atoms with E-state index in [-0.39, 0.29) is 0 Å². The maximum Gasteiger partial charge on any atom is 0.133 e. The minimum atomic E-state index is -0.568. The summed E-state index contributed by atoms with van der Waals surface area (Å²) in [6.45, 7) is 0. The fraction of sp³-hybridized carbons (Fsp3) is 0. The summed E-state index contributed by atoms with van der Waals surface area (Å²) in [5.74, 6) is -1.12. The summed E-state index contributed by atoms with van der Waals surface area (Å²) in [5, 5.41) is 0. The van der Waals surface area contributed by atoms with Crippen LogP contribution in [0.3, 0.4) is 0 Å². The highest BCUT2D eigenvalue weighted by Crippen LogP contribution is 2.24. The third kappa shape index (κ3) is 2.18. The average Bonchev–Trinajstić information content (AvgIpc) is 2.20. The summed E-state index contributed by atoms with van der Waals surface area (Å²) in [6.07, 6.45) is 0. The van der Waals surface area contributed by atoms with E-state index in [1.165, 1.54) is 12.1 Å². The second kappa shape index (κ2) is 4.03. The van der Waals surface area contributed by atoms with Crippen LogP contribution >= 0.6 is 12.6 Å². The molecular formula is C12H8F2S. The van der Waals surface area contributed by atoms with Gasteiger partial charge < -0.3 is 0 Å². The molecule has 0 aliphatic rings. The lowest BCUT2D eigenvalue weighted by Gasteiger charge is -2.03. The van der Waals surface area contributed by atoms with Gasteiger partial charge in [-0.05, 0) is 29.8 Å². The first-order valence-corrected chi connectivity index (χ1v) is 4.86. The summed E-state index contributed by atoms with van der Waals surface area (Å²) in [7, 11) is 0. The Morgan fingerprint density at radius 2 is 1.53 bits per heavy atom. The van der Waals surface area contributed by atoms with Gasteiger partial charge in [0.15, 0.2) is 0 Å². The van der Waals surface area contributed by atoms with Crippen molar-refractivity contribution in [1.82, 2.24) is 0 Å². The molecule has 0 radical (unpaired) electrons. The second-order valence-electron chi connectivity index (χ2n) is 3.17. The first-order valence-electron chi connectivity index (χ1n) is 4.41. The van der Waals surface area contributed by atoms with Gasteiger partial charge in [-0.15, -0.1) is 12.6 Å². The first-order chi connectivity index (χ1) is 7.16. The van der Waals surface area contributed by atoms with Crippen molar-refractivity contribution in [3.63, 3.8) is 0 Å². The highest BCUT2D eigenvalue weighted by molar-refractivity contribution is 7.80. The van der Waals surface area contributed by atoms with Gasteiger partial charge in [0.1, 0.15) is 11.6 Å². The number of rotatable bonds is 1. The zero-order chi connectivity index (χ0) is 10.8. The molecule has 0 nitrogen and oxygen atoms in total. The average molecular weight is 222 g/mol. The molecule has 0 spiro atoms. The van der Waals surface area contributed by atoms with Gasteiger partial charge in [-0.25, -0.2) is 8.78 Å². The van der Waals surface area contributed by atoms with E-state index in [2.05, 4.69) is 12.6 Å². The maximum absolute atomic E-state index is 13.4. The van der Waals surface area contributed by atoms with Crippen LogP contribution in [0.5, 0.6) is 0 Å². The van der Waals surface area contributed by atoms with E-state index in [1.807, 2.05) is 0 Å². The first kappa shape index (κ1) is 10.2. The van der Waals surface area contributed by atoms with Gasteiger partial charge in [0.25, 0.3) is 0 Å². The molecule has 15 heavy (non-hydrogen) atoms. The molecule has 3 heteroatoms. The lowest BCUT2D eigenvalue weighted by molar-refractivity contribution is 0.585. The molecule has 0 fully saturated rings. The van der Waals surface area contributed by atoms with Crippen LogP contribution in [0.25, 0.3) is 11.1 Å². The smallest absolute Gasteiger partial charge is 0.133 e. The Morgan fingerprint density at radius 3 is 2.13 bits per heavy atom. The van der Waals surface area contributed by atoms with E-state index in [0.29, 0.717) is 11.1 Å². The van der Waals surface area contributed by atoms with Crippen LogP contribution in [0, 0.1) is 11.6 Å². The number of halogens is 2. The van der Waals surface area contributed by atoms with Crippen molar-refractivity contribution in [3.8, 4) is 11.1 Å². The molecule has 76 valence electrons. The summed E-state index contributed by atoms with van der Waals surface area (Å²) in [6, 6.07) is 10.6. The summed E-state index contributed by atoms with van der Waals surface area (Å²) in [5.41, 5.74) is 1.11. The van der Waals surface area contributed by atoms with E-state index in [9.17, 15) is 8.78 Å². The van der Waals surface area contributed by atoms with Crippen molar-refractivity contribution in [1.29, 1.82) is 0 Å². The topological polar surface area (TPSA) is 0 Å². The molecule has 0 saturated carbocycles. The Hall–Kier alpha value is -1.35. The molecule has 0 aromatic heterocycles. The van der Waals surface area contributed by atoms with Crippen LogP contribution in [0.1, 0.15) is 0 Å². The molecule has 0 N–H and O–H groups in total. The van der Waals surface area contributed by atoms with Crippen molar-refractivity contribution in [2.75, 3.05) is 0 Å². The Labute approximate surface area is 92.0 Å². The number of hydrogen-bond acceptors (Lipinski definition) is 1. The molecule has 2 rings (SSSR count). The zero-order valence-electron chi connectivity index (χ0n) is 7.74. The van der Waals surface area contributed by atoms with Gasteiger partial charge in [0, 0.05) is 16.5 Å². The lowest BCUT2D eigenvalue weighted by atomic mass is 10.1. The fourth-order valence-corrected chi connectivity index (χ4v) is 1.51. The van der Waals surface area contributed by atoms with E-state index in [0.717, 1.165) is 11.0 Å². The third-order valence-electron chi connectivity index (χ3n) is 2.11. The molecule has 2 aromatic carbocycles. The Balaban J connectivity index is 2.49. The fourth-order valence-electron chi connectivity index (χ4n) is 1.36. The van der Waals surface area contributed by atoms with Crippen molar-refractivity contribution in [2.24, 2.45) is 0 Å². The molecule has 0 aliphatic carbocycles. The van der Waals surface area contributed by atoms with Crippen LogP contribution in [0.2, 0.25) is 0 Å². The van der Waals surface area contributed by atoms with Gasteiger partial charge in [0.2, 0.25) is 0 Å². The second-order valence-corrected chi connectivity index (χ2v) is 3.69. The van der Waals surface area contributed by atoms with Crippen LogP contribution in [-0.4, -0.2) is 0 Å². The normalized spacial score (nSPS) is 10.3. The summed E-state index contributed by atoms with van der Waals surface area (Å²) >= 11 is 4.13. The van der Waals surface area contributed by atoms with Gasteiger partial charge >= 0.3 is 0 Å². The van der Waals surface area contributed by atoms with Gasteiger partial charge in [-0.3, -0.25) is 0 Å². The van der Waals surface area contributed by atoms with Gasteiger partial charge in [0.05, 0.1) is 0 Å². The predicted molar refractivity (Wildman–Crippen MR) is 59.0 cm³/mol. The maximum atomic E-state index is 13.4. The molecule has 0 atom stereocenters. The summed E-state index contributed by atoms with van der Waals surface area (Å²) < 4.78 is 26.1. The predicted octanol–water partition coefficient (Wildman–Crippen LogP) is 3.92. The number of benzene rings is 2. The third-order valence-corrected chi connectivity index (χ3v) is 2.41. The molecule has 0 amide bonds. The van der Waals surface area contributed by atoms with E-state index in [1.54, 1.807) is 24.3 Å². The van der Waals surface area contributed by atoms with Crippen LogP contribution < -0.4 is 0 Å². The number of thiol groups is 1. The van der Waals surface area contributed by atoms with Crippen molar-refractivity contribution in [2.45, 2.75) is 4.90 Å². The van der Waals surface area contributed by atoms with Crippen LogP contribution in [0.4, 0.5) is 8.78 Å². The van der Waals surface area contributed by atoms with E-state index in [4.69, 9.17) is 0 Å². The standard InChI is InChI=1S/C12H8F2S/c13-9-3-6-11(12(14)7-9)8-1-4-10(15)5-2-8/h1-7,15H. The summed E-state index contributed by atoms with van der Waals surface area (Å²) in [4.78, 5) is 0.807. The van der Waals surface area contributed by atoms with Gasteiger partial charge in [-0.2, -0.15) is 0 Å². The Morgan fingerprint density at radius 1 is 0.867 bits per heavy atom. The zero-order valence-corrected chi connectivity index (χ0v) is 8.64. The molecule has 0 aliphatic heterocycles. The monoisotopic (exact) mass is 222 g/mol. The number of hydrogen-bond donors (Lipinski definition) is 1. The van der Waals surface area contributed by atoms with Crippen molar-refractivity contribution in [3.05, 3.63) is 54.1 Å². The van der Waals surface area contributed by atoms with Gasteiger partial charge in [-0.1, -0.05) is 12.1 Å². The van der Waals surface area contributed by atoms with Crippen LogP contribution in [-0.2, 0) is 0 Å². The van der Waals surface area contributed by atoms with Crippen molar-refractivity contribution >= 4 is 12.6 Å². The molecule has 0 saturated heterocycles. The Kier molecular flexibility index (Phi) is 2.73. The van der Waals surface area contributed by atoms with E-state index < -0.39 is 11.6 Å². The molecule has 0 bridgehead atoms. The molecule has 0 unspecified atom stereocenters. The minimum absolute atomic E-state index is 0.393.